The van der Waals surface area contributed by atoms with E-state index in [1.165, 1.54) is 5.54 Å². The van der Waals surface area contributed by atoms with Gasteiger partial charge in [0.25, 0.3) is 0 Å². The van der Waals surface area contributed by atoms with Crippen molar-refractivity contribution in [3.05, 3.63) is 11.6 Å². The molecule has 0 aliphatic heterocycles. The van der Waals surface area contributed by atoms with Gasteiger partial charge in [0.1, 0.15) is 6.61 Å². The summed E-state index contributed by atoms with van der Waals surface area (Å²) in [6.07, 6.45) is 1.57. The van der Waals surface area contributed by atoms with Gasteiger partial charge in [-0.1, -0.05) is 25.4 Å². The number of carbonyl (C=O) groups excluding carboxylic acids is 1. The molecule has 0 atom stereocenters. The summed E-state index contributed by atoms with van der Waals surface area (Å²) in [7, 11) is 0. The normalized spacial score (nSPS) is 10.8. The molecule has 0 saturated carbocycles. The zero-order chi connectivity index (χ0) is 7.98. The van der Waals surface area contributed by atoms with Gasteiger partial charge in [-0.15, -0.1) is 0 Å². The van der Waals surface area contributed by atoms with Crippen LogP contribution in [0.25, 0.3) is 0 Å². The van der Waals surface area contributed by atoms with Gasteiger partial charge < -0.3 is 4.74 Å². The lowest BCUT2D eigenvalue weighted by molar-refractivity contribution is -0.146. The van der Waals surface area contributed by atoms with Crippen molar-refractivity contribution >= 4 is 17.6 Å². The maximum atomic E-state index is 10.7. The second-order valence-electron chi connectivity index (χ2n) is 2.15. The average molecular weight is 163 g/mol. The number of rotatable bonds is 3. The van der Waals surface area contributed by atoms with Crippen LogP contribution in [0.4, 0.5) is 0 Å². The highest BCUT2D eigenvalue weighted by atomic mass is 35.5. The van der Waals surface area contributed by atoms with Crippen LogP contribution in [-0.4, -0.2) is 12.6 Å². The Hall–Kier alpha value is -0.500. The number of hydrogen-bond donors (Lipinski definition) is 0. The molecular weight excluding hydrogens is 152 g/mol. The van der Waals surface area contributed by atoms with Gasteiger partial charge in [-0.25, -0.2) is 0 Å². The second-order valence-corrected chi connectivity index (χ2v) is 2.40. The minimum atomic E-state index is -0.199. The molecule has 0 fully saturated rings. The molecule has 58 valence electrons. The number of hydrogen-bond acceptors (Lipinski definition) is 2. The molecule has 0 aliphatic carbocycles. The molecule has 0 heterocycles. The minimum absolute atomic E-state index is 0.0660. The molecule has 0 bridgehead atoms. The number of ether oxygens (including phenoxy) is 1. The summed E-state index contributed by atoms with van der Waals surface area (Å²) >= 11 is 5.19. The van der Waals surface area contributed by atoms with E-state index < -0.39 is 0 Å². The van der Waals surface area contributed by atoms with Gasteiger partial charge in [0.15, 0.2) is 0 Å². The van der Waals surface area contributed by atoms with E-state index in [0.717, 1.165) is 0 Å². The largest absolute Gasteiger partial charge is 0.461 e. The highest BCUT2D eigenvalue weighted by Crippen LogP contribution is 1.95. The van der Waals surface area contributed by atoms with Crippen molar-refractivity contribution in [2.24, 2.45) is 5.92 Å². The highest BCUT2D eigenvalue weighted by molar-refractivity contribution is 6.25. The first-order valence-corrected chi connectivity index (χ1v) is 3.54. The highest BCUT2D eigenvalue weighted by Gasteiger charge is 2.05. The summed E-state index contributed by atoms with van der Waals surface area (Å²) in [6, 6.07) is 0. The molecule has 0 rings (SSSR count). The monoisotopic (exact) mass is 162 g/mol. The van der Waals surface area contributed by atoms with E-state index in [-0.39, 0.29) is 18.5 Å². The molecule has 3 heteroatoms. The maximum Gasteiger partial charge on any atom is 0.308 e. The fraction of sp³-hybridized carbons (Fsp3) is 0.571. The third kappa shape index (κ3) is 4.39. The first-order chi connectivity index (χ1) is 4.68. The fourth-order valence-corrected chi connectivity index (χ4v) is 0.406. The van der Waals surface area contributed by atoms with Gasteiger partial charge in [-0.3, -0.25) is 4.79 Å². The van der Waals surface area contributed by atoms with E-state index in [2.05, 4.69) is 0 Å². The lowest BCUT2D eigenvalue weighted by Gasteiger charge is -2.02. The summed E-state index contributed by atoms with van der Waals surface area (Å²) in [6.45, 7) is 3.83. The van der Waals surface area contributed by atoms with Crippen LogP contribution in [-0.2, 0) is 9.53 Å². The molecule has 0 aromatic carbocycles. The molecular formula is C7H11ClO2. The lowest BCUT2D eigenvalue weighted by Crippen LogP contribution is -2.11. The number of esters is 1. The van der Waals surface area contributed by atoms with E-state index in [4.69, 9.17) is 16.3 Å². The summed E-state index contributed by atoms with van der Waals surface area (Å²) in [5, 5.41) is 0. The third-order valence-electron chi connectivity index (χ3n) is 0.882. The van der Waals surface area contributed by atoms with E-state index in [1.54, 1.807) is 19.9 Å². The van der Waals surface area contributed by atoms with Gasteiger partial charge in [-0.05, 0) is 6.08 Å². The summed E-state index contributed by atoms with van der Waals surface area (Å²) in [5.74, 6) is -0.265. The quantitative estimate of drug-likeness (QED) is 0.593. The van der Waals surface area contributed by atoms with Gasteiger partial charge in [0, 0.05) is 5.54 Å². The van der Waals surface area contributed by atoms with Gasteiger partial charge >= 0.3 is 5.97 Å². The van der Waals surface area contributed by atoms with Crippen molar-refractivity contribution in [1.82, 2.24) is 0 Å². The number of carbonyl (C=O) groups is 1. The number of halogens is 1. The van der Waals surface area contributed by atoms with Crippen LogP contribution in [0.2, 0.25) is 0 Å². The van der Waals surface area contributed by atoms with E-state index >= 15 is 0 Å². The Morgan fingerprint density at radius 2 is 2.30 bits per heavy atom. The van der Waals surface area contributed by atoms with Crippen molar-refractivity contribution in [2.75, 3.05) is 6.61 Å². The van der Waals surface area contributed by atoms with Gasteiger partial charge in [-0.2, -0.15) is 0 Å². The van der Waals surface area contributed by atoms with Crippen molar-refractivity contribution in [1.29, 1.82) is 0 Å². The fourth-order valence-electron chi connectivity index (χ4n) is 0.333. The molecule has 0 unspecified atom stereocenters. The molecule has 0 spiro atoms. The molecule has 0 radical (unpaired) electrons. The predicted octanol–water partition coefficient (Wildman–Crippen LogP) is 1.94. The molecule has 10 heavy (non-hydrogen) atoms. The SMILES string of the molecule is CC(C)C(=O)OC/C=C/Cl. The van der Waals surface area contributed by atoms with Crippen molar-refractivity contribution in [2.45, 2.75) is 13.8 Å². The molecule has 0 N–H and O–H groups in total. The Labute approximate surface area is 65.8 Å². The summed E-state index contributed by atoms with van der Waals surface area (Å²) in [5.41, 5.74) is 1.33. The average Bonchev–Trinajstić information content (AvgIpc) is 1.88. The summed E-state index contributed by atoms with van der Waals surface area (Å²) in [4.78, 5) is 10.7. The molecule has 0 saturated heterocycles. The first kappa shape index (κ1) is 9.50. The zero-order valence-electron chi connectivity index (χ0n) is 6.13. The van der Waals surface area contributed by atoms with Crippen LogP contribution in [0.5, 0.6) is 0 Å². The van der Waals surface area contributed by atoms with Crippen molar-refractivity contribution in [3.8, 4) is 0 Å². The third-order valence-corrected chi connectivity index (χ3v) is 1.06. The Morgan fingerprint density at radius 3 is 2.70 bits per heavy atom. The summed E-state index contributed by atoms with van der Waals surface area (Å²) < 4.78 is 4.73. The topological polar surface area (TPSA) is 26.3 Å². The van der Waals surface area contributed by atoms with Crippen LogP contribution in [0.15, 0.2) is 11.6 Å². The Bertz CT molecular complexity index is 130. The van der Waals surface area contributed by atoms with Crippen LogP contribution in [0.3, 0.4) is 0 Å². The zero-order valence-corrected chi connectivity index (χ0v) is 6.89. The molecule has 2 nitrogen and oxygen atoms in total. The van der Waals surface area contributed by atoms with Crippen molar-refractivity contribution in [3.63, 3.8) is 0 Å². The Balaban J connectivity index is 3.40. The molecule has 0 amide bonds. The lowest BCUT2D eigenvalue weighted by atomic mass is 10.2. The van der Waals surface area contributed by atoms with Gasteiger partial charge in [0.05, 0.1) is 5.92 Å². The van der Waals surface area contributed by atoms with E-state index in [0.29, 0.717) is 0 Å². The van der Waals surface area contributed by atoms with Crippen LogP contribution >= 0.6 is 11.6 Å². The van der Waals surface area contributed by atoms with Crippen LogP contribution in [0.1, 0.15) is 13.8 Å². The first-order valence-electron chi connectivity index (χ1n) is 3.10. The molecule has 0 aromatic heterocycles. The van der Waals surface area contributed by atoms with E-state index in [9.17, 15) is 4.79 Å². The minimum Gasteiger partial charge on any atom is -0.461 e. The smallest absolute Gasteiger partial charge is 0.308 e. The Morgan fingerprint density at radius 1 is 1.70 bits per heavy atom. The molecule has 0 aromatic rings. The molecule has 0 aliphatic rings. The van der Waals surface area contributed by atoms with Crippen LogP contribution < -0.4 is 0 Å². The van der Waals surface area contributed by atoms with Crippen LogP contribution in [0, 0.1) is 5.92 Å². The van der Waals surface area contributed by atoms with Gasteiger partial charge in [0.2, 0.25) is 0 Å². The maximum absolute atomic E-state index is 10.7. The van der Waals surface area contributed by atoms with Crippen molar-refractivity contribution < 1.29 is 9.53 Å². The second kappa shape index (κ2) is 5.30. The Kier molecular flexibility index (Phi) is 5.03. The predicted molar refractivity (Wildman–Crippen MR) is 40.8 cm³/mol. The van der Waals surface area contributed by atoms with E-state index in [1.807, 2.05) is 0 Å². The standard InChI is InChI=1S/C7H11ClO2/c1-6(2)7(9)10-5-3-4-8/h3-4,6H,5H2,1-2H3/b4-3+.